The quantitative estimate of drug-likeness (QED) is 0.682. The molecule has 0 amide bonds. The lowest BCUT2D eigenvalue weighted by molar-refractivity contribution is 0.195. The molecule has 3 heteroatoms. The molecule has 1 fully saturated rings. The minimum absolute atomic E-state index is 0.755. The fraction of sp³-hybridized carbons (Fsp3) is 1.00. The Morgan fingerprint density at radius 1 is 1.58 bits per heavy atom. The fourth-order valence-corrected chi connectivity index (χ4v) is 2.23. The molecule has 0 radical (unpaired) electrons. The smallest absolute Gasteiger partial charge is 0.0472 e. The lowest BCUT2D eigenvalue weighted by atomic mass is 10.1. The summed E-state index contributed by atoms with van der Waals surface area (Å²) in [5.74, 6) is 2.25. The van der Waals surface area contributed by atoms with E-state index in [0.29, 0.717) is 0 Å². The number of hydrogen-bond donors (Lipinski definition) is 1. The molecule has 1 rings (SSSR count). The van der Waals surface area contributed by atoms with Gasteiger partial charge in [0.2, 0.25) is 0 Å². The van der Waals surface area contributed by atoms with Crippen LogP contribution < -0.4 is 5.32 Å². The standard InChI is InChI=1S/C9H19NOS/c1-8(3-4-11-2)12-7-9-5-10-6-9/h8-10H,3-7H2,1-2H3. The molecule has 0 aromatic heterocycles. The van der Waals surface area contributed by atoms with E-state index in [4.69, 9.17) is 4.74 Å². The number of nitrogens with one attached hydrogen (secondary N) is 1. The minimum Gasteiger partial charge on any atom is -0.385 e. The SMILES string of the molecule is COCCC(C)SCC1CNC1. The van der Waals surface area contributed by atoms with Crippen molar-refractivity contribution in [2.45, 2.75) is 18.6 Å². The van der Waals surface area contributed by atoms with E-state index >= 15 is 0 Å². The van der Waals surface area contributed by atoms with Crippen LogP contribution in [0.2, 0.25) is 0 Å². The predicted octanol–water partition coefficient (Wildman–Crippen LogP) is 1.36. The molecule has 0 aromatic carbocycles. The van der Waals surface area contributed by atoms with Gasteiger partial charge in [-0.1, -0.05) is 6.92 Å². The molecule has 1 unspecified atom stereocenters. The molecule has 1 atom stereocenters. The maximum atomic E-state index is 5.03. The summed E-state index contributed by atoms with van der Waals surface area (Å²) in [5.41, 5.74) is 0. The van der Waals surface area contributed by atoms with Gasteiger partial charge in [-0.25, -0.2) is 0 Å². The molecule has 1 N–H and O–H groups in total. The van der Waals surface area contributed by atoms with Gasteiger partial charge in [-0.05, 0) is 31.2 Å². The molecule has 0 spiro atoms. The highest BCUT2D eigenvalue weighted by Gasteiger charge is 2.17. The lowest BCUT2D eigenvalue weighted by Crippen LogP contribution is -2.43. The van der Waals surface area contributed by atoms with Crippen molar-refractivity contribution in [3.05, 3.63) is 0 Å². The fourth-order valence-electron chi connectivity index (χ4n) is 1.13. The van der Waals surface area contributed by atoms with E-state index in [1.807, 2.05) is 0 Å². The van der Waals surface area contributed by atoms with Crippen molar-refractivity contribution in [2.75, 3.05) is 32.6 Å². The summed E-state index contributed by atoms with van der Waals surface area (Å²) < 4.78 is 5.03. The van der Waals surface area contributed by atoms with Crippen molar-refractivity contribution in [2.24, 2.45) is 5.92 Å². The summed E-state index contributed by atoms with van der Waals surface area (Å²) in [6.07, 6.45) is 1.18. The second-order valence-corrected chi connectivity index (χ2v) is 4.92. The molecule has 72 valence electrons. The Bertz CT molecular complexity index is 117. The first-order valence-corrected chi connectivity index (χ1v) is 5.69. The van der Waals surface area contributed by atoms with E-state index in [1.165, 1.54) is 25.3 Å². The van der Waals surface area contributed by atoms with Gasteiger partial charge in [0.15, 0.2) is 0 Å². The lowest BCUT2D eigenvalue weighted by Gasteiger charge is -2.27. The first-order chi connectivity index (χ1) is 5.83. The van der Waals surface area contributed by atoms with Crippen LogP contribution in [-0.4, -0.2) is 37.8 Å². The van der Waals surface area contributed by atoms with Gasteiger partial charge in [0.05, 0.1) is 0 Å². The molecule has 1 saturated heterocycles. The van der Waals surface area contributed by atoms with Crippen LogP contribution in [-0.2, 0) is 4.74 Å². The molecule has 1 aliphatic rings. The Morgan fingerprint density at radius 2 is 2.33 bits per heavy atom. The van der Waals surface area contributed by atoms with Gasteiger partial charge >= 0.3 is 0 Å². The Balaban J connectivity index is 1.90. The van der Waals surface area contributed by atoms with Gasteiger partial charge in [-0.2, -0.15) is 11.8 Å². The van der Waals surface area contributed by atoms with Gasteiger partial charge in [-0.3, -0.25) is 0 Å². The first-order valence-electron chi connectivity index (χ1n) is 4.64. The largest absolute Gasteiger partial charge is 0.385 e. The normalized spacial score (nSPS) is 20.5. The highest BCUT2D eigenvalue weighted by atomic mass is 32.2. The van der Waals surface area contributed by atoms with E-state index in [0.717, 1.165) is 17.8 Å². The van der Waals surface area contributed by atoms with Gasteiger partial charge in [-0.15, -0.1) is 0 Å². The number of rotatable bonds is 6. The molecule has 2 nitrogen and oxygen atoms in total. The molecule has 1 heterocycles. The Kier molecular flexibility index (Phi) is 5.04. The first kappa shape index (κ1) is 10.4. The van der Waals surface area contributed by atoms with Crippen LogP contribution in [0.25, 0.3) is 0 Å². The minimum atomic E-state index is 0.755. The second kappa shape index (κ2) is 5.84. The maximum Gasteiger partial charge on any atom is 0.0472 e. The predicted molar refractivity (Wildman–Crippen MR) is 54.8 cm³/mol. The monoisotopic (exact) mass is 189 g/mol. The van der Waals surface area contributed by atoms with Crippen LogP contribution in [0, 0.1) is 5.92 Å². The van der Waals surface area contributed by atoms with Gasteiger partial charge in [0.1, 0.15) is 0 Å². The Morgan fingerprint density at radius 3 is 2.83 bits per heavy atom. The number of methoxy groups -OCH3 is 1. The maximum absolute atomic E-state index is 5.03. The van der Waals surface area contributed by atoms with E-state index in [-0.39, 0.29) is 0 Å². The number of ether oxygens (including phenoxy) is 1. The molecule has 0 bridgehead atoms. The van der Waals surface area contributed by atoms with Crippen molar-refractivity contribution in [3.63, 3.8) is 0 Å². The van der Waals surface area contributed by atoms with Gasteiger partial charge in [0, 0.05) is 19.0 Å². The van der Waals surface area contributed by atoms with Crippen LogP contribution in [0.3, 0.4) is 0 Å². The zero-order chi connectivity index (χ0) is 8.81. The van der Waals surface area contributed by atoms with E-state index in [1.54, 1.807) is 7.11 Å². The van der Waals surface area contributed by atoms with Crippen LogP contribution >= 0.6 is 11.8 Å². The molecule has 12 heavy (non-hydrogen) atoms. The van der Waals surface area contributed by atoms with Crippen LogP contribution in [0.5, 0.6) is 0 Å². The van der Waals surface area contributed by atoms with Crippen molar-refractivity contribution in [1.29, 1.82) is 0 Å². The Hall–Kier alpha value is 0.270. The summed E-state index contributed by atoms with van der Waals surface area (Å²) in [5, 5.41) is 4.05. The molecule has 0 saturated carbocycles. The highest BCUT2D eigenvalue weighted by Crippen LogP contribution is 2.19. The number of thioether (sulfide) groups is 1. The third kappa shape index (κ3) is 3.78. The van der Waals surface area contributed by atoms with E-state index in [2.05, 4.69) is 24.0 Å². The van der Waals surface area contributed by atoms with Crippen molar-refractivity contribution >= 4 is 11.8 Å². The van der Waals surface area contributed by atoms with Crippen molar-refractivity contribution in [1.82, 2.24) is 5.32 Å². The summed E-state index contributed by atoms with van der Waals surface area (Å²) in [4.78, 5) is 0. The zero-order valence-electron chi connectivity index (χ0n) is 8.01. The third-order valence-electron chi connectivity index (χ3n) is 2.21. The average molecular weight is 189 g/mol. The molecule has 1 aliphatic heterocycles. The van der Waals surface area contributed by atoms with Crippen molar-refractivity contribution < 1.29 is 4.74 Å². The van der Waals surface area contributed by atoms with E-state index in [9.17, 15) is 0 Å². The van der Waals surface area contributed by atoms with Crippen LogP contribution in [0.1, 0.15) is 13.3 Å². The highest BCUT2D eigenvalue weighted by molar-refractivity contribution is 7.99. The van der Waals surface area contributed by atoms with Gasteiger partial charge in [0.25, 0.3) is 0 Å². The topological polar surface area (TPSA) is 21.3 Å². The summed E-state index contributed by atoms with van der Waals surface area (Å²) in [7, 11) is 1.77. The van der Waals surface area contributed by atoms with Crippen LogP contribution in [0.4, 0.5) is 0 Å². The third-order valence-corrected chi connectivity index (χ3v) is 3.68. The number of hydrogen-bond acceptors (Lipinski definition) is 3. The second-order valence-electron chi connectivity index (χ2n) is 3.45. The van der Waals surface area contributed by atoms with Crippen LogP contribution in [0.15, 0.2) is 0 Å². The summed E-state index contributed by atoms with van der Waals surface area (Å²) in [6, 6.07) is 0. The molecule has 0 aliphatic carbocycles. The molecular weight excluding hydrogens is 170 g/mol. The molecule has 0 aromatic rings. The van der Waals surface area contributed by atoms with Gasteiger partial charge < -0.3 is 10.1 Å². The van der Waals surface area contributed by atoms with Crippen molar-refractivity contribution in [3.8, 4) is 0 Å². The summed E-state index contributed by atoms with van der Waals surface area (Å²) >= 11 is 2.08. The Labute approximate surface area is 79.4 Å². The average Bonchev–Trinajstić information content (AvgIpc) is 1.98. The molecular formula is C9H19NOS. The zero-order valence-corrected chi connectivity index (χ0v) is 8.82. The summed E-state index contributed by atoms with van der Waals surface area (Å²) in [6.45, 7) is 5.64. The van der Waals surface area contributed by atoms with E-state index < -0.39 is 0 Å².